The Morgan fingerprint density at radius 3 is 3.00 bits per heavy atom. The highest BCUT2D eigenvalue weighted by Crippen LogP contribution is 2.31. The molecule has 1 aliphatic rings. The quantitative estimate of drug-likeness (QED) is 0.680. The highest BCUT2D eigenvalue weighted by Gasteiger charge is 2.21. The number of fused-ring (bicyclic) bond motifs is 1. The number of methoxy groups -OCH3 is 1. The first-order chi connectivity index (χ1) is 6.70. The summed E-state index contributed by atoms with van der Waals surface area (Å²) in [4.78, 5) is 11.5. The van der Waals surface area contributed by atoms with Gasteiger partial charge in [0.2, 0.25) is 0 Å². The molecule has 0 N–H and O–H groups in total. The summed E-state index contributed by atoms with van der Waals surface area (Å²) in [6.45, 7) is 3.64. The summed E-state index contributed by atoms with van der Waals surface area (Å²) in [6, 6.07) is 5.15. The molecule has 0 unspecified atom stereocenters. The smallest absolute Gasteiger partial charge is 0.174 e. The second-order valence-corrected chi connectivity index (χ2v) is 3.10. The predicted octanol–water partition coefficient (Wildman–Crippen LogP) is 2.17. The van der Waals surface area contributed by atoms with E-state index in [9.17, 15) is 4.79 Å². The number of hydrogen-bond donors (Lipinski definition) is 0. The Hall–Kier alpha value is -1.77. The molecule has 0 amide bonds. The fourth-order valence-corrected chi connectivity index (χ4v) is 1.41. The molecular formula is C11H10O3. The molecule has 3 nitrogen and oxygen atoms in total. The van der Waals surface area contributed by atoms with Crippen LogP contribution in [0, 0.1) is 0 Å². The number of ether oxygens (including phenoxy) is 2. The average Bonchev–Trinajstić information content (AvgIpc) is 2.16. The molecule has 0 atom stereocenters. The zero-order valence-electron chi connectivity index (χ0n) is 7.87. The van der Waals surface area contributed by atoms with Crippen LogP contribution in [0.3, 0.4) is 0 Å². The lowest BCUT2D eigenvalue weighted by Crippen LogP contribution is -2.12. The van der Waals surface area contributed by atoms with Crippen molar-refractivity contribution >= 4 is 5.78 Å². The summed E-state index contributed by atoms with van der Waals surface area (Å²) in [5.41, 5.74) is 0.596. The zero-order valence-corrected chi connectivity index (χ0v) is 7.87. The first-order valence-electron chi connectivity index (χ1n) is 4.27. The first kappa shape index (κ1) is 8.81. The molecule has 1 heterocycles. The molecule has 0 aliphatic carbocycles. The third-order valence-electron chi connectivity index (χ3n) is 2.10. The number of benzene rings is 1. The maximum atomic E-state index is 11.5. The summed E-state index contributed by atoms with van der Waals surface area (Å²) in [6.07, 6.45) is 0.263. The van der Waals surface area contributed by atoms with E-state index in [1.54, 1.807) is 25.3 Å². The lowest BCUT2D eigenvalue weighted by Gasteiger charge is -2.18. The molecule has 0 bridgehead atoms. The molecule has 1 aliphatic heterocycles. The topological polar surface area (TPSA) is 35.5 Å². The van der Waals surface area contributed by atoms with Crippen LogP contribution in [0.1, 0.15) is 16.8 Å². The molecule has 0 fully saturated rings. The van der Waals surface area contributed by atoms with Gasteiger partial charge in [0.25, 0.3) is 0 Å². The maximum Gasteiger partial charge on any atom is 0.174 e. The van der Waals surface area contributed by atoms with Crippen molar-refractivity contribution in [3.05, 3.63) is 36.1 Å². The molecule has 0 saturated carbocycles. The average molecular weight is 190 g/mol. The van der Waals surface area contributed by atoms with Crippen LogP contribution in [0.15, 0.2) is 30.5 Å². The standard InChI is InChI=1S/C11H10O3/c1-7-5-10(12)9-4-3-8(13-2)6-11(9)14-7/h3-4,6H,1,5H2,2H3. The molecule has 1 aromatic rings. The van der Waals surface area contributed by atoms with E-state index in [1.165, 1.54) is 0 Å². The lowest BCUT2D eigenvalue weighted by molar-refractivity contribution is 0.0964. The first-order valence-corrected chi connectivity index (χ1v) is 4.27. The van der Waals surface area contributed by atoms with Gasteiger partial charge in [-0.2, -0.15) is 0 Å². The van der Waals surface area contributed by atoms with Crippen molar-refractivity contribution in [3.8, 4) is 11.5 Å². The van der Waals surface area contributed by atoms with Gasteiger partial charge in [-0.3, -0.25) is 4.79 Å². The van der Waals surface area contributed by atoms with Crippen LogP contribution in [0.2, 0.25) is 0 Å². The van der Waals surface area contributed by atoms with Crippen molar-refractivity contribution in [3.63, 3.8) is 0 Å². The molecule has 0 saturated heterocycles. The largest absolute Gasteiger partial charge is 0.497 e. The van der Waals surface area contributed by atoms with Crippen molar-refractivity contribution in [1.29, 1.82) is 0 Å². The maximum absolute atomic E-state index is 11.5. The van der Waals surface area contributed by atoms with Gasteiger partial charge in [-0.15, -0.1) is 0 Å². The number of Topliss-reactive ketones (excluding diaryl/α,β-unsaturated/α-hetero) is 1. The van der Waals surface area contributed by atoms with Crippen LogP contribution in [0.5, 0.6) is 11.5 Å². The number of hydrogen-bond acceptors (Lipinski definition) is 3. The van der Waals surface area contributed by atoms with E-state index < -0.39 is 0 Å². The van der Waals surface area contributed by atoms with Crippen LogP contribution >= 0.6 is 0 Å². The number of carbonyl (C=O) groups is 1. The number of allylic oxidation sites excluding steroid dienone is 1. The van der Waals surface area contributed by atoms with Gasteiger partial charge >= 0.3 is 0 Å². The van der Waals surface area contributed by atoms with Crippen molar-refractivity contribution in [2.45, 2.75) is 6.42 Å². The lowest BCUT2D eigenvalue weighted by atomic mass is 10.0. The number of rotatable bonds is 1. The predicted molar refractivity (Wildman–Crippen MR) is 51.7 cm³/mol. The van der Waals surface area contributed by atoms with Gasteiger partial charge in [-0.1, -0.05) is 6.58 Å². The molecule has 72 valence electrons. The zero-order chi connectivity index (χ0) is 10.1. The van der Waals surface area contributed by atoms with Gasteiger partial charge in [-0.05, 0) is 12.1 Å². The fraction of sp³-hybridized carbons (Fsp3) is 0.182. The van der Waals surface area contributed by atoms with Gasteiger partial charge in [0, 0.05) is 6.07 Å². The van der Waals surface area contributed by atoms with E-state index in [-0.39, 0.29) is 12.2 Å². The molecule has 14 heavy (non-hydrogen) atoms. The van der Waals surface area contributed by atoms with Gasteiger partial charge < -0.3 is 9.47 Å². The minimum Gasteiger partial charge on any atom is -0.497 e. The van der Waals surface area contributed by atoms with Crippen LogP contribution in [-0.2, 0) is 0 Å². The highest BCUT2D eigenvalue weighted by molar-refractivity contribution is 6.01. The second-order valence-electron chi connectivity index (χ2n) is 3.10. The van der Waals surface area contributed by atoms with Crippen LogP contribution in [-0.4, -0.2) is 12.9 Å². The Bertz CT molecular complexity index is 407. The van der Waals surface area contributed by atoms with Crippen molar-refractivity contribution in [2.75, 3.05) is 7.11 Å². The van der Waals surface area contributed by atoms with Gasteiger partial charge in [0.05, 0.1) is 19.1 Å². The summed E-state index contributed by atoms with van der Waals surface area (Å²) in [7, 11) is 1.57. The van der Waals surface area contributed by atoms with Crippen molar-refractivity contribution < 1.29 is 14.3 Å². The molecule has 3 heteroatoms. The van der Waals surface area contributed by atoms with Crippen LogP contribution in [0.4, 0.5) is 0 Å². The van der Waals surface area contributed by atoms with Gasteiger partial charge in [0.15, 0.2) is 5.78 Å². The molecule has 0 spiro atoms. The highest BCUT2D eigenvalue weighted by atomic mass is 16.5. The Morgan fingerprint density at radius 2 is 2.29 bits per heavy atom. The second kappa shape index (κ2) is 3.18. The Balaban J connectivity index is 2.49. The Labute approximate surface area is 81.9 Å². The van der Waals surface area contributed by atoms with E-state index in [0.29, 0.717) is 22.8 Å². The Morgan fingerprint density at radius 1 is 1.50 bits per heavy atom. The van der Waals surface area contributed by atoms with Gasteiger partial charge in [-0.25, -0.2) is 0 Å². The number of ketones is 1. The van der Waals surface area contributed by atoms with Crippen LogP contribution in [0.25, 0.3) is 0 Å². The van der Waals surface area contributed by atoms with E-state index in [4.69, 9.17) is 9.47 Å². The molecule has 0 aromatic heterocycles. The normalized spacial score (nSPS) is 14.6. The van der Waals surface area contributed by atoms with E-state index in [0.717, 1.165) is 0 Å². The third-order valence-corrected chi connectivity index (χ3v) is 2.10. The van der Waals surface area contributed by atoms with E-state index >= 15 is 0 Å². The monoisotopic (exact) mass is 190 g/mol. The fourth-order valence-electron chi connectivity index (χ4n) is 1.41. The van der Waals surface area contributed by atoms with E-state index in [2.05, 4.69) is 6.58 Å². The molecule has 1 aromatic carbocycles. The molecular weight excluding hydrogens is 180 g/mol. The van der Waals surface area contributed by atoms with Crippen molar-refractivity contribution in [2.24, 2.45) is 0 Å². The SMILES string of the molecule is C=C1CC(=O)c2ccc(OC)cc2O1. The minimum atomic E-state index is 0.0407. The van der Waals surface area contributed by atoms with Crippen molar-refractivity contribution in [1.82, 2.24) is 0 Å². The molecule has 2 rings (SSSR count). The number of carbonyl (C=O) groups excluding carboxylic acids is 1. The third kappa shape index (κ3) is 1.37. The minimum absolute atomic E-state index is 0.0407. The van der Waals surface area contributed by atoms with Crippen LogP contribution < -0.4 is 9.47 Å². The summed E-state index contributed by atoms with van der Waals surface area (Å²) in [5, 5.41) is 0. The molecule has 0 radical (unpaired) electrons. The summed E-state index contributed by atoms with van der Waals surface area (Å²) in [5.74, 6) is 1.73. The van der Waals surface area contributed by atoms with E-state index in [1.807, 2.05) is 0 Å². The Kier molecular flexibility index (Phi) is 2.00. The van der Waals surface area contributed by atoms with Gasteiger partial charge in [0.1, 0.15) is 17.3 Å². The summed E-state index contributed by atoms with van der Waals surface area (Å²) >= 11 is 0. The summed E-state index contributed by atoms with van der Waals surface area (Å²) < 4.78 is 10.4.